The van der Waals surface area contributed by atoms with Crippen LogP contribution in [0, 0.1) is 0 Å². The van der Waals surface area contributed by atoms with Gasteiger partial charge in [-0.25, -0.2) is 8.42 Å². The van der Waals surface area contributed by atoms with Crippen molar-refractivity contribution in [2.24, 2.45) is 0 Å². The molecule has 0 aromatic heterocycles. The molecule has 1 heterocycles. The Morgan fingerprint density at radius 2 is 1.88 bits per heavy atom. The molecule has 0 saturated heterocycles. The molecule has 0 aliphatic carbocycles. The number of aryl methyl sites for hydroxylation is 1. The van der Waals surface area contributed by atoms with E-state index < -0.39 is 21.7 Å². The second-order valence-corrected chi connectivity index (χ2v) is 7.84. The lowest BCUT2D eigenvalue weighted by Crippen LogP contribution is -2.31. The molecule has 0 unspecified atom stereocenters. The van der Waals surface area contributed by atoms with E-state index in [1.54, 1.807) is 6.07 Å². The van der Waals surface area contributed by atoms with Crippen LogP contribution in [0.1, 0.15) is 18.1 Å². The van der Waals surface area contributed by atoms with Gasteiger partial charge in [-0.1, -0.05) is 19.1 Å². The van der Waals surface area contributed by atoms with Gasteiger partial charge < -0.3 is 5.32 Å². The minimum Gasteiger partial charge on any atom is -0.319 e. The summed E-state index contributed by atoms with van der Waals surface area (Å²) >= 11 is 0. The Morgan fingerprint density at radius 1 is 1.12 bits per heavy atom. The lowest BCUT2D eigenvalue weighted by Gasteiger charge is -2.22. The van der Waals surface area contributed by atoms with E-state index in [1.165, 1.54) is 29.6 Å². The third-order valence-corrected chi connectivity index (χ3v) is 6.05. The number of fused-ring (bicyclic) bond motifs is 1. The van der Waals surface area contributed by atoms with Gasteiger partial charge in [0.2, 0.25) is 5.78 Å². The van der Waals surface area contributed by atoms with Crippen LogP contribution in [0.3, 0.4) is 0 Å². The van der Waals surface area contributed by atoms with E-state index in [9.17, 15) is 18.0 Å². The highest BCUT2D eigenvalue weighted by atomic mass is 32.2. The van der Waals surface area contributed by atoms with Crippen LogP contribution in [-0.2, 0) is 32.5 Å². The van der Waals surface area contributed by atoms with Crippen molar-refractivity contribution >= 4 is 33.1 Å². The number of rotatable bonds is 4. The summed E-state index contributed by atoms with van der Waals surface area (Å²) in [4.78, 5) is 23.1. The van der Waals surface area contributed by atoms with Gasteiger partial charge in [-0.05, 0) is 47.9 Å². The van der Waals surface area contributed by atoms with Crippen LogP contribution in [0.2, 0.25) is 0 Å². The zero-order chi connectivity index (χ0) is 18.2. The number of nitrogens with zero attached hydrogens (tertiary/aromatic N) is 1. The molecule has 1 amide bonds. The molecule has 2 aromatic carbocycles. The molecule has 130 valence electrons. The lowest BCUT2D eigenvalue weighted by molar-refractivity contribution is -0.134. The van der Waals surface area contributed by atoms with Gasteiger partial charge in [-0.2, -0.15) is 0 Å². The number of carbonyl (C=O) groups is 2. The van der Waals surface area contributed by atoms with E-state index in [2.05, 4.69) is 5.32 Å². The van der Waals surface area contributed by atoms with Crippen molar-refractivity contribution in [2.45, 2.75) is 24.7 Å². The van der Waals surface area contributed by atoms with Crippen molar-refractivity contribution in [1.82, 2.24) is 0 Å². The first kappa shape index (κ1) is 17.2. The minimum atomic E-state index is -3.77. The first-order valence-electron chi connectivity index (χ1n) is 7.88. The lowest BCUT2D eigenvalue weighted by atomic mass is 10.0. The molecule has 0 fully saturated rings. The Morgan fingerprint density at radius 3 is 2.60 bits per heavy atom. The smallest absolute Gasteiger partial charge is 0.292 e. The Bertz CT molecular complexity index is 967. The van der Waals surface area contributed by atoms with Crippen molar-refractivity contribution in [1.29, 1.82) is 0 Å². The van der Waals surface area contributed by atoms with E-state index in [0.717, 1.165) is 12.0 Å². The predicted octanol–water partition coefficient (Wildman–Crippen LogP) is 2.14. The number of hydrogen-bond acceptors (Lipinski definition) is 4. The maximum atomic E-state index is 12.9. The Kier molecular flexibility index (Phi) is 4.34. The first-order valence-corrected chi connectivity index (χ1v) is 9.32. The van der Waals surface area contributed by atoms with Crippen molar-refractivity contribution < 1.29 is 18.0 Å². The van der Waals surface area contributed by atoms with Crippen LogP contribution < -0.4 is 9.62 Å². The summed E-state index contributed by atoms with van der Waals surface area (Å²) in [5.74, 6) is -1.25. The number of sulfonamides is 1. The second-order valence-electron chi connectivity index (χ2n) is 5.87. The minimum absolute atomic E-state index is 0.0830. The van der Waals surface area contributed by atoms with Gasteiger partial charge in [0, 0.05) is 19.2 Å². The summed E-state index contributed by atoms with van der Waals surface area (Å²) in [6.45, 7) is 2.00. The molecule has 0 atom stereocenters. The molecular formula is C18H18N2O4S. The molecule has 1 N–H and O–H groups in total. The predicted molar refractivity (Wildman–Crippen MR) is 95.2 cm³/mol. The Labute approximate surface area is 146 Å². The SMILES string of the molecule is CCc1cccc(N(C)S(=O)(=O)c2ccc3c(c2)CC(=O)C(=O)N3)c1. The van der Waals surface area contributed by atoms with Crippen LogP contribution in [0.5, 0.6) is 0 Å². The fraction of sp³-hybridized carbons (Fsp3) is 0.222. The fourth-order valence-corrected chi connectivity index (χ4v) is 3.95. The number of ketones is 1. The third kappa shape index (κ3) is 3.15. The summed E-state index contributed by atoms with van der Waals surface area (Å²) in [7, 11) is -2.28. The topological polar surface area (TPSA) is 83.6 Å². The molecule has 1 aliphatic rings. The largest absolute Gasteiger partial charge is 0.319 e. The molecule has 6 nitrogen and oxygen atoms in total. The molecule has 0 bridgehead atoms. The highest BCUT2D eigenvalue weighted by Crippen LogP contribution is 2.28. The second kappa shape index (κ2) is 6.33. The van der Waals surface area contributed by atoms with E-state index in [-0.39, 0.29) is 11.3 Å². The number of anilines is 2. The maximum absolute atomic E-state index is 12.9. The summed E-state index contributed by atoms with van der Waals surface area (Å²) in [6, 6.07) is 11.7. The van der Waals surface area contributed by atoms with Crippen LogP contribution in [0.25, 0.3) is 0 Å². The fourth-order valence-electron chi connectivity index (χ4n) is 2.71. The number of nitrogens with one attached hydrogen (secondary N) is 1. The maximum Gasteiger partial charge on any atom is 0.292 e. The van der Waals surface area contributed by atoms with Crippen molar-refractivity contribution in [3.63, 3.8) is 0 Å². The quantitative estimate of drug-likeness (QED) is 0.849. The van der Waals surface area contributed by atoms with E-state index in [0.29, 0.717) is 16.9 Å². The average molecular weight is 358 g/mol. The van der Waals surface area contributed by atoms with Gasteiger partial charge in [0.05, 0.1) is 10.6 Å². The van der Waals surface area contributed by atoms with Gasteiger partial charge in [-0.3, -0.25) is 13.9 Å². The van der Waals surface area contributed by atoms with Crippen LogP contribution in [0.4, 0.5) is 11.4 Å². The zero-order valence-electron chi connectivity index (χ0n) is 13.9. The normalized spacial score (nSPS) is 14.0. The summed E-state index contributed by atoms with van der Waals surface area (Å²) < 4.78 is 27.1. The van der Waals surface area contributed by atoms with E-state index in [4.69, 9.17) is 0 Å². The number of carbonyl (C=O) groups excluding carboxylic acids is 2. The van der Waals surface area contributed by atoms with Gasteiger partial charge in [0.1, 0.15) is 0 Å². The molecule has 1 aliphatic heterocycles. The number of Topliss-reactive ketones (excluding diaryl/α,β-unsaturated/α-hetero) is 1. The van der Waals surface area contributed by atoms with Crippen molar-refractivity contribution in [2.75, 3.05) is 16.7 Å². The number of hydrogen-bond donors (Lipinski definition) is 1. The van der Waals surface area contributed by atoms with Gasteiger partial charge in [0.15, 0.2) is 0 Å². The van der Waals surface area contributed by atoms with E-state index in [1.807, 2.05) is 25.1 Å². The van der Waals surface area contributed by atoms with Crippen molar-refractivity contribution in [3.05, 3.63) is 53.6 Å². The van der Waals surface area contributed by atoms with Crippen molar-refractivity contribution in [3.8, 4) is 0 Å². The zero-order valence-corrected chi connectivity index (χ0v) is 14.8. The molecule has 3 rings (SSSR count). The molecule has 0 spiro atoms. The van der Waals surface area contributed by atoms with E-state index >= 15 is 0 Å². The highest BCUT2D eigenvalue weighted by Gasteiger charge is 2.27. The van der Waals surface area contributed by atoms with Gasteiger partial charge >= 0.3 is 0 Å². The van der Waals surface area contributed by atoms with Crippen LogP contribution in [0.15, 0.2) is 47.4 Å². The number of benzene rings is 2. The molecule has 2 aromatic rings. The van der Waals surface area contributed by atoms with Gasteiger partial charge in [0.25, 0.3) is 15.9 Å². The summed E-state index contributed by atoms with van der Waals surface area (Å²) in [5.41, 5.74) is 2.58. The monoisotopic (exact) mass is 358 g/mol. The summed E-state index contributed by atoms with van der Waals surface area (Å²) in [5, 5.41) is 2.47. The highest BCUT2D eigenvalue weighted by molar-refractivity contribution is 7.92. The van der Waals surface area contributed by atoms with Crippen LogP contribution in [-0.4, -0.2) is 27.2 Å². The summed E-state index contributed by atoms with van der Waals surface area (Å²) in [6.07, 6.45) is 0.710. The van der Waals surface area contributed by atoms with Crippen LogP contribution >= 0.6 is 0 Å². The average Bonchev–Trinajstić information content (AvgIpc) is 2.61. The molecule has 7 heteroatoms. The number of amides is 1. The Balaban J connectivity index is 1.98. The van der Waals surface area contributed by atoms with Gasteiger partial charge in [-0.15, -0.1) is 0 Å². The molecule has 0 saturated carbocycles. The molecule has 0 radical (unpaired) electrons. The standard InChI is InChI=1S/C18H18N2O4S/c1-3-12-5-4-6-14(9-12)20(2)25(23,24)15-7-8-16-13(10-15)11-17(21)18(22)19-16/h4-10H,3,11H2,1-2H3,(H,19,22). The third-order valence-electron chi connectivity index (χ3n) is 4.27. The molecular weight excluding hydrogens is 340 g/mol. The Hall–Kier alpha value is -2.67. The molecule has 25 heavy (non-hydrogen) atoms. The first-order chi connectivity index (χ1) is 11.8.